The molecule has 0 saturated carbocycles. The number of carbonyl (C=O) groups excluding carboxylic acids is 1. The van der Waals surface area contributed by atoms with E-state index in [4.69, 9.17) is 19.9 Å². The van der Waals surface area contributed by atoms with E-state index >= 15 is 0 Å². The molecule has 0 aliphatic rings. The van der Waals surface area contributed by atoms with Gasteiger partial charge >= 0.3 is 17.9 Å². The molecule has 1 unspecified atom stereocenters. The molecule has 0 aliphatic carbocycles. The van der Waals surface area contributed by atoms with Crippen LogP contribution < -0.4 is 5.73 Å². The predicted molar refractivity (Wildman–Crippen MR) is 61.3 cm³/mol. The average molecular weight is 315 g/mol. The Bertz CT molecular complexity index is 467. The molecule has 20 heavy (non-hydrogen) atoms. The largest absolute Gasteiger partial charge is 0.481 e. The Morgan fingerprint density at radius 2 is 1.40 bits per heavy atom. The van der Waals surface area contributed by atoms with E-state index in [0.29, 0.717) is 0 Å². The molecule has 1 atom stereocenters. The Morgan fingerprint density at radius 1 is 0.950 bits per heavy atom. The van der Waals surface area contributed by atoms with E-state index in [1.165, 1.54) is 0 Å². The van der Waals surface area contributed by atoms with Crippen LogP contribution in [0.2, 0.25) is 0 Å². The lowest BCUT2D eigenvalue weighted by molar-refractivity contribution is -0.143. The molecule has 0 heterocycles. The first-order valence-electron chi connectivity index (χ1n) is 4.79. The summed E-state index contributed by atoms with van der Waals surface area (Å²) < 4.78 is 28.7. The van der Waals surface area contributed by atoms with Gasteiger partial charge in [-0.2, -0.15) is 8.42 Å². The Kier molecular flexibility index (Phi) is 8.87. The lowest BCUT2D eigenvalue weighted by Crippen LogP contribution is -2.31. The minimum atomic E-state index is -4.84. The van der Waals surface area contributed by atoms with E-state index in [-0.39, 0.29) is 12.8 Å². The van der Waals surface area contributed by atoms with Crippen LogP contribution in [-0.4, -0.2) is 57.4 Å². The zero-order valence-corrected chi connectivity index (χ0v) is 10.7. The van der Waals surface area contributed by atoms with Crippen LogP contribution in [0.1, 0.15) is 19.3 Å². The highest BCUT2D eigenvalue weighted by Crippen LogP contribution is 2.04. The molecule has 1 amide bonds. The number of rotatable bonds is 7. The molecule has 0 bridgehead atoms. The van der Waals surface area contributed by atoms with E-state index in [1.807, 2.05) is 0 Å². The van der Waals surface area contributed by atoms with Crippen molar-refractivity contribution in [2.45, 2.75) is 24.5 Å². The molecule has 0 aromatic carbocycles. The van der Waals surface area contributed by atoms with Crippen molar-refractivity contribution >= 4 is 33.9 Å². The zero-order valence-electron chi connectivity index (χ0n) is 9.92. The number of hydrogen-bond acceptors (Lipinski definition) is 6. The number of carboxylic acids is 3. The van der Waals surface area contributed by atoms with Gasteiger partial charge in [0.15, 0.2) is 5.25 Å². The van der Waals surface area contributed by atoms with Crippen molar-refractivity contribution in [3.63, 3.8) is 0 Å². The first kappa shape index (κ1) is 20.1. The molecule has 0 fully saturated rings. The SMILES string of the molecule is NC(=O)CCC(=O)O.O=C(O)CC(C(=O)O)S(=O)(=O)O. The minimum Gasteiger partial charge on any atom is -0.481 e. The molecule has 6 N–H and O–H groups in total. The molecule has 116 valence electrons. The molecule has 0 aromatic rings. The first-order valence-corrected chi connectivity index (χ1v) is 6.29. The van der Waals surface area contributed by atoms with Gasteiger partial charge in [-0.15, -0.1) is 0 Å². The molecule has 0 radical (unpaired) electrons. The molecular weight excluding hydrogens is 302 g/mol. The topological polar surface area (TPSA) is 209 Å². The van der Waals surface area contributed by atoms with Crippen LogP contribution in [-0.2, 0) is 29.3 Å². The fourth-order valence-corrected chi connectivity index (χ4v) is 1.32. The average Bonchev–Trinajstić information content (AvgIpc) is 2.22. The Labute approximate surface area is 112 Å². The lowest BCUT2D eigenvalue weighted by atomic mass is 10.3. The summed E-state index contributed by atoms with van der Waals surface area (Å²) in [5, 5.41) is 21.9. The smallest absolute Gasteiger partial charge is 0.325 e. The van der Waals surface area contributed by atoms with Crippen LogP contribution in [0.4, 0.5) is 0 Å². The number of hydrogen-bond donors (Lipinski definition) is 5. The van der Waals surface area contributed by atoms with Crippen LogP contribution in [0, 0.1) is 0 Å². The second-order valence-electron chi connectivity index (χ2n) is 3.30. The van der Waals surface area contributed by atoms with Gasteiger partial charge in [-0.1, -0.05) is 0 Å². The molecular formula is C8H13NO10S. The Hall–Kier alpha value is -2.21. The monoisotopic (exact) mass is 315 g/mol. The lowest BCUT2D eigenvalue weighted by Gasteiger charge is -2.04. The third-order valence-electron chi connectivity index (χ3n) is 1.58. The highest BCUT2D eigenvalue weighted by Gasteiger charge is 2.33. The number of nitrogens with two attached hydrogens (primary N) is 1. The van der Waals surface area contributed by atoms with E-state index in [2.05, 4.69) is 5.73 Å². The van der Waals surface area contributed by atoms with Crippen molar-refractivity contribution in [3.8, 4) is 0 Å². The summed E-state index contributed by atoms with van der Waals surface area (Å²) in [6.45, 7) is 0. The third kappa shape index (κ3) is 12.3. The quantitative estimate of drug-likeness (QED) is 0.330. The van der Waals surface area contributed by atoms with Crippen molar-refractivity contribution in [2.75, 3.05) is 0 Å². The number of primary amides is 1. The fraction of sp³-hybridized carbons (Fsp3) is 0.500. The number of carbonyl (C=O) groups is 4. The predicted octanol–water partition coefficient (Wildman–Crippen LogP) is -1.86. The van der Waals surface area contributed by atoms with Gasteiger partial charge in [0.2, 0.25) is 5.91 Å². The maximum Gasteiger partial charge on any atom is 0.325 e. The van der Waals surface area contributed by atoms with Crippen LogP contribution in [0.25, 0.3) is 0 Å². The minimum absolute atomic E-state index is 0.0741. The van der Waals surface area contributed by atoms with Crippen LogP contribution >= 0.6 is 0 Å². The summed E-state index contributed by atoms with van der Waals surface area (Å²) in [4.78, 5) is 39.6. The van der Waals surface area contributed by atoms with E-state index in [9.17, 15) is 27.6 Å². The highest BCUT2D eigenvalue weighted by molar-refractivity contribution is 7.87. The Morgan fingerprint density at radius 3 is 1.50 bits per heavy atom. The number of carboxylic acid groups (broad SMARTS) is 3. The zero-order chi connectivity index (χ0) is 16.5. The van der Waals surface area contributed by atoms with Crippen LogP contribution in [0.15, 0.2) is 0 Å². The molecule has 0 aliphatic heterocycles. The normalized spacial score (nSPS) is 11.7. The second-order valence-corrected chi connectivity index (χ2v) is 4.90. The van der Waals surface area contributed by atoms with Gasteiger partial charge in [0.1, 0.15) is 0 Å². The molecule has 0 rings (SSSR count). The maximum absolute atomic E-state index is 10.2. The summed E-state index contributed by atoms with van der Waals surface area (Å²) in [5.74, 6) is -5.07. The molecule has 0 aromatic heterocycles. The standard InChI is InChI=1S/C4H7NO3.C4H6O7S/c5-3(6)1-2-4(7)8;5-3(6)1-2(4(7)8)12(9,10)11/h1-2H2,(H2,5,6)(H,7,8);2H,1H2,(H,5,6)(H,7,8)(H,9,10,11). The number of aliphatic carboxylic acids is 3. The molecule has 11 nitrogen and oxygen atoms in total. The van der Waals surface area contributed by atoms with E-state index in [1.54, 1.807) is 0 Å². The highest BCUT2D eigenvalue weighted by atomic mass is 32.2. The van der Waals surface area contributed by atoms with Gasteiger partial charge in [-0.05, 0) is 0 Å². The molecule has 12 heteroatoms. The van der Waals surface area contributed by atoms with Gasteiger partial charge in [0, 0.05) is 6.42 Å². The second kappa shape index (κ2) is 8.82. The van der Waals surface area contributed by atoms with E-state index < -0.39 is 45.6 Å². The van der Waals surface area contributed by atoms with Crippen LogP contribution in [0.3, 0.4) is 0 Å². The summed E-state index contributed by atoms with van der Waals surface area (Å²) >= 11 is 0. The van der Waals surface area contributed by atoms with E-state index in [0.717, 1.165) is 0 Å². The van der Waals surface area contributed by atoms with Gasteiger partial charge < -0.3 is 21.1 Å². The Balaban J connectivity index is 0. The fourth-order valence-electron chi connectivity index (χ4n) is 0.709. The van der Waals surface area contributed by atoms with Crippen molar-refractivity contribution in [2.24, 2.45) is 5.73 Å². The summed E-state index contributed by atoms with van der Waals surface area (Å²) in [6, 6.07) is 0. The molecule has 0 saturated heterocycles. The maximum atomic E-state index is 10.2. The van der Waals surface area contributed by atoms with Gasteiger partial charge in [0.05, 0.1) is 12.8 Å². The van der Waals surface area contributed by atoms with Crippen molar-refractivity contribution in [1.29, 1.82) is 0 Å². The first-order chi connectivity index (χ1) is 8.87. The summed E-state index contributed by atoms with van der Waals surface area (Å²) in [7, 11) is -4.84. The van der Waals surface area contributed by atoms with Gasteiger partial charge in [-0.3, -0.25) is 23.7 Å². The van der Waals surface area contributed by atoms with Crippen LogP contribution in [0.5, 0.6) is 0 Å². The third-order valence-corrected chi connectivity index (χ3v) is 2.67. The number of amides is 1. The summed E-state index contributed by atoms with van der Waals surface area (Å²) in [6.07, 6.45) is -1.40. The molecule has 0 spiro atoms. The van der Waals surface area contributed by atoms with Crippen molar-refractivity contribution in [3.05, 3.63) is 0 Å². The van der Waals surface area contributed by atoms with Gasteiger partial charge in [-0.25, -0.2) is 0 Å². The van der Waals surface area contributed by atoms with Crippen molar-refractivity contribution in [1.82, 2.24) is 0 Å². The summed E-state index contributed by atoms with van der Waals surface area (Å²) in [5.41, 5.74) is 4.64. The van der Waals surface area contributed by atoms with Gasteiger partial charge in [0.25, 0.3) is 10.1 Å². The van der Waals surface area contributed by atoms with Crippen molar-refractivity contribution < 1.29 is 47.5 Å².